The zero-order valence-corrected chi connectivity index (χ0v) is 9.96. The number of hydrogen-bond acceptors (Lipinski definition) is 1. The number of alkyl halides is 3. The molecule has 100 valence electrons. The summed E-state index contributed by atoms with van der Waals surface area (Å²) in [5, 5.41) is 0. The second kappa shape index (κ2) is 4.91. The van der Waals surface area contributed by atoms with Gasteiger partial charge in [-0.1, -0.05) is 24.3 Å². The number of halogens is 4. The van der Waals surface area contributed by atoms with Crippen molar-refractivity contribution in [3.05, 3.63) is 53.8 Å². The summed E-state index contributed by atoms with van der Waals surface area (Å²) in [7, 11) is 1.16. The minimum atomic E-state index is -4.52. The topological polar surface area (TPSA) is 9.23 Å². The smallest absolute Gasteiger partial charge is 0.419 e. The van der Waals surface area contributed by atoms with Crippen LogP contribution in [0.5, 0.6) is 5.75 Å². The van der Waals surface area contributed by atoms with Gasteiger partial charge in [0.1, 0.15) is 11.6 Å². The first-order valence-corrected chi connectivity index (χ1v) is 5.43. The first-order chi connectivity index (χ1) is 8.93. The quantitative estimate of drug-likeness (QED) is 0.729. The van der Waals surface area contributed by atoms with Crippen molar-refractivity contribution in [3.63, 3.8) is 0 Å². The Bertz CT molecular complexity index is 590. The summed E-state index contributed by atoms with van der Waals surface area (Å²) in [5.41, 5.74) is -0.337. The molecule has 0 heterocycles. The molecule has 0 unspecified atom stereocenters. The number of ether oxygens (including phenoxy) is 1. The maximum absolute atomic E-state index is 13.2. The Balaban J connectivity index is 2.65. The van der Waals surface area contributed by atoms with E-state index in [1.54, 1.807) is 0 Å². The molecule has 5 heteroatoms. The minimum absolute atomic E-state index is 0.205. The van der Waals surface area contributed by atoms with Gasteiger partial charge in [0.2, 0.25) is 0 Å². The Hall–Kier alpha value is -2.04. The average Bonchev–Trinajstić information content (AvgIpc) is 2.36. The van der Waals surface area contributed by atoms with Gasteiger partial charge in [-0.3, -0.25) is 0 Å². The molecular formula is C14H10F4O. The van der Waals surface area contributed by atoms with Gasteiger partial charge in [0.05, 0.1) is 12.7 Å². The predicted molar refractivity (Wildman–Crippen MR) is 63.4 cm³/mol. The summed E-state index contributed by atoms with van der Waals surface area (Å²) in [4.78, 5) is 0. The van der Waals surface area contributed by atoms with E-state index in [-0.39, 0.29) is 11.3 Å². The molecule has 0 aliphatic heterocycles. The van der Waals surface area contributed by atoms with E-state index in [0.717, 1.165) is 19.2 Å². The third kappa shape index (κ3) is 2.70. The van der Waals surface area contributed by atoms with Crippen LogP contribution >= 0.6 is 0 Å². The molecule has 0 atom stereocenters. The maximum Gasteiger partial charge on any atom is 0.419 e. The van der Waals surface area contributed by atoms with E-state index < -0.39 is 17.6 Å². The van der Waals surface area contributed by atoms with Crippen molar-refractivity contribution in [2.24, 2.45) is 0 Å². The van der Waals surface area contributed by atoms with E-state index in [9.17, 15) is 17.6 Å². The van der Waals surface area contributed by atoms with Crippen molar-refractivity contribution >= 4 is 0 Å². The highest BCUT2D eigenvalue weighted by Gasteiger charge is 2.35. The van der Waals surface area contributed by atoms with Crippen LogP contribution in [0.15, 0.2) is 42.5 Å². The molecule has 2 aromatic carbocycles. The fraction of sp³-hybridized carbons (Fsp3) is 0.143. The summed E-state index contributed by atoms with van der Waals surface area (Å²) in [5.74, 6) is -0.822. The standard InChI is InChI=1S/C14H10F4O/c1-19-13-11(9-4-2-5-10(15)8-9)6-3-7-12(13)14(16,17)18/h2-8H,1H3. The first-order valence-electron chi connectivity index (χ1n) is 5.43. The van der Waals surface area contributed by atoms with Crippen molar-refractivity contribution in [2.75, 3.05) is 7.11 Å². The molecule has 0 bridgehead atoms. The number of methoxy groups -OCH3 is 1. The molecule has 0 aromatic heterocycles. The van der Waals surface area contributed by atoms with Crippen molar-refractivity contribution in [3.8, 4) is 16.9 Å². The molecule has 0 aliphatic carbocycles. The SMILES string of the molecule is COc1c(-c2cccc(F)c2)cccc1C(F)(F)F. The summed E-state index contributed by atoms with van der Waals surface area (Å²) in [6.45, 7) is 0. The molecule has 1 nitrogen and oxygen atoms in total. The summed E-state index contributed by atoms with van der Waals surface area (Å²) in [6, 6.07) is 9.02. The van der Waals surface area contributed by atoms with E-state index in [1.807, 2.05) is 0 Å². The zero-order valence-electron chi connectivity index (χ0n) is 9.96. The Kier molecular flexibility index (Phi) is 3.46. The number of benzene rings is 2. The van der Waals surface area contributed by atoms with Gasteiger partial charge in [0.15, 0.2) is 0 Å². The van der Waals surface area contributed by atoms with Crippen LogP contribution in [-0.2, 0) is 6.18 Å². The van der Waals surface area contributed by atoms with Gasteiger partial charge < -0.3 is 4.74 Å². The van der Waals surface area contributed by atoms with E-state index in [0.29, 0.717) is 5.56 Å². The highest BCUT2D eigenvalue weighted by Crippen LogP contribution is 2.41. The maximum atomic E-state index is 13.2. The summed E-state index contributed by atoms with van der Waals surface area (Å²) < 4.78 is 56.6. The number of hydrogen-bond donors (Lipinski definition) is 0. The molecule has 2 rings (SSSR count). The largest absolute Gasteiger partial charge is 0.495 e. The van der Waals surface area contributed by atoms with Crippen LogP contribution in [0.3, 0.4) is 0 Å². The van der Waals surface area contributed by atoms with Crippen LogP contribution in [-0.4, -0.2) is 7.11 Å². The van der Waals surface area contributed by atoms with Crippen LogP contribution in [0.2, 0.25) is 0 Å². The first kappa shape index (κ1) is 13.4. The normalized spacial score (nSPS) is 11.4. The van der Waals surface area contributed by atoms with Gasteiger partial charge >= 0.3 is 6.18 Å². The second-order valence-electron chi connectivity index (χ2n) is 3.89. The van der Waals surface area contributed by atoms with E-state index in [4.69, 9.17) is 4.74 Å². The van der Waals surface area contributed by atoms with E-state index in [1.165, 1.54) is 30.3 Å². The van der Waals surface area contributed by atoms with E-state index >= 15 is 0 Å². The van der Waals surface area contributed by atoms with Crippen LogP contribution < -0.4 is 4.74 Å². The monoisotopic (exact) mass is 270 g/mol. The highest BCUT2D eigenvalue weighted by atomic mass is 19.4. The lowest BCUT2D eigenvalue weighted by molar-refractivity contribution is -0.138. The fourth-order valence-corrected chi connectivity index (χ4v) is 1.86. The third-order valence-electron chi connectivity index (χ3n) is 2.66. The molecule has 0 amide bonds. The fourth-order valence-electron chi connectivity index (χ4n) is 1.86. The molecule has 0 aliphatic rings. The van der Waals surface area contributed by atoms with Gasteiger partial charge in [-0.05, 0) is 23.8 Å². The van der Waals surface area contributed by atoms with Crippen molar-refractivity contribution in [2.45, 2.75) is 6.18 Å². The van der Waals surface area contributed by atoms with Gasteiger partial charge in [0, 0.05) is 5.56 Å². The number of para-hydroxylation sites is 1. The Morgan fingerprint density at radius 2 is 1.68 bits per heavy atom. The molecular weight excluding hydrogens is 260 g/mol. The third-order valence-corrected chi connectivity index (χ3v) is 2.66. The Morgan fingerprint density at radius 1 is 1.00 bits per heavy atom. The lowest BCUT2D eigenvalue weighted by Crippen LogP contribution is -2.08. The lowest BCUT2D eigenvalue weighted by Gasteiger charge is -2.15. The van der Waals surface area contributed by atoms with Crippen molar-refractivity contribution in [1.29, 1.82) is 0 Å². The van der Waals surface area contributed by atoms with Gasteiger partial charge in [0.25, 0.3) is 0 Å². The molecule has 0 spiro atoms. The van der Waals surface area contributed by atoms with Gasteiger partial charge in [-0.2, -0.15) is 13.2 Å². The average molecular weight is 270 g/mol. The molecule has 0 radical (unpaired) electrons. The Morgan fingerprint density at radius 3 is 2.26 bits per heavy atom. The van der Waals surface area contributed by atoms with Crippen molar-refractivity contribution < 1.29 is 22.3 Å². The molecule has 0 N–H and O–H groups in total. The van der Waals surface area contributed by atoms with Crippen molar-refractivity contribution in [1.82, 2.24) is 0 Å². The molecule has 0 fully saturated rings. The summed E-state index contributed by atoms with van der Waals surface area (Å²) in [6.07, 6.45) is -4.52. The minimum Gasteiger partial charge on any atom is -0.495 e. The van der Waals surface area contributed by atoms with Crippen LogP contribution in [0.4, 0.5) is 17.6 Å². The van der Waals surface area contributed by atoms with Gasteiger partial charge in [-0.25, -0.2) is 4.39 Å². The molecule has 0 saturated heterocycles. The molecule has 2 aromatic rings. The summed E-state index contributed by atoms with van der Waals surface area (Å²) >= 11 is 0. The van der Waals surface area contributed by atoms with E-state index in [2.05, 4.69) is 0 Å². The van der Waals surface area contributed by atoms with Crippen LogP contribution in [0.1, 0.15) is 5.56 Å². The predicted octanol–water partition coefficient (Wildman–Crippen LogP) is 4.52. The molecule has 19 heavy (non-hydrogen) atoms. The molecule has 0 saturated carbocycles. The lowest BCUT2D eigenvalue weighted by atomic mass is 10.0. The van der Waals surface area contributed by atoms with Gasteiger partial charge in [-0.15, -0.1) is 0 Å². The van der Waals surface area contributed by atoms with Crippen LogP contribution in [0, 0.1) is 5.82 Å². The number of rotatable bonds is 2. The second-order valence-corrected chi connectivity index (χ2v) is 3.89. The Labute approximate surface area is 107 Å². The van der Waals surface area contributed by atoms with Crippen LogP contribution in [0.25, 0.3) is 11.1 Å². The highest BCUT2D eigenvalue weighted by molar-refractivity contribution is 5.72. The zero-order chi connectivity index (χ0) is 14.0.